The molecule has 1 N–H and O–H groups in total. The third kappa shape index (κ3) is 5.63. The van der Waals surface area contributed by atoms with Gasteiger partial charge in [-0.05, 0) is 42.5 Å². The summed E-state index contributed by atoms with van der Waals surface area (Å²) in [7, 11) is -2.32. The van der Waals surface area contributed by atoms with Gasteiger partial charge in [0.05, 0.1) is 13.4 Å². The molecular weight excluding hydrogens is 470 g/mol. The Hall–Kier alpha value is -2.88. The number of halogens is 3. The van der Waals surface area contributed by atoms with E-state index in [0.29, 0.717) is 11.1 Å². The van der Waals surface area contributed by atoms with Crippen LogP contribution < -0.4 is 14.2 Å². The number of ether oxygens (including phenoxy) is 2. The third-order valence-electron chi connectivity index (χ3n) is 3.96. The summed E-state index contributed by atoms with van der Waals surface area (Å²) in [6.45, 7) is 0. The number of hydrogen-bond donors (Lipinski definition) is 1. The molecule has 7 nitrogen and oxygen atoms in total. The van der Waals surface area contributed by atoms with Crippen LogP contribution in [0.15, 0.2) is 48.7 Å². The van der Waals surface area contributed by atoms with E-state index in [-0.39, 0.29) is 33.0 Å². The maximum absolute atomic E-state index is 13.9. The highest BCUT2D eigenvalue weighted by Crippen LogP contribution is 2.36. The molecule has 0 saturated heterocycles. The molecule has 0 aliphatic carbocycles. The van der Waals surface area contributed by atoms with E-state index >= 15 is 0 Å². The first kappa shape index (κ1) is 22.8. The van der Waals surface area contributed by atoms with Crippen molar-refractivity contribution in [3.05, 3.63) is 70.1 Å². The number of amides is 1. The van der Waals surface area contributed by atoms with E-state index in [2.05, 4.69) is 4.98 Å². The lowest BCUT2D eigenvalue weighted by Gasteiger charge is -2.12. The molecule has 1 heterocycles. The zero-order valence-electron chi connectivity index (χ0n) is 16.1. The molecule has 0 aliphatic rings. The van der Waals surface area contributed by atoms with Crippen LogP contribution in [0.25, 0.3) is 11.1 Å². The summed E-state index contributed by atoms with van der Waals surface area (Å²) in [5.41, 5.74) is 1.15. The van der Waals surface area contributed by atoms with E-state index in [0.717, 1.165) is 12.3 Å². The normalized spacial score (nSPS) is 11.1. The molecule has 0 fully saturated rings. The number of benzene rings is 2. The van der Waals surface area contributed by atoms with Gasteiger partial charge in [0.25, 0.3) is 5.91 Å². The Morgan fingerprint density at radius 3 is 2.45 bits per heavy atom. The van der Waals surface area contributed by atoms with E-state index in [1.165, 1.54) is 43.6 Å². The lowest BCUT2D eigenvalue weighted by molar-refractivity contribution is 0.0981. The van der Waals surface area contributed by atoms with E-state index in [1.807, 2.05) is 4.72 Å². The average molecular weight is 485 g/mol. The summed E-state index contributed by atoms with van der Waals surface area (Å²) in [6.07, 6.45) is 2.31. The average Bonchev–Trinajstić information content (AvgIpc) is 2.69. The fraction of sp³-hybridized carbons (Fsp3) is 0.100. The lowest BCUT2D eigenvalue weighted by Crippen LogP contribution is -2.29. The quantitative estimate of drug-likeness (QED) is 0.545. The molecular formula is C20H15Cl2FN2O5S. The zero-order valence-corrected chi connectivity index (χ0v) is 18.5. The number of nitrogens with zero attached hydrogens (tertiary/aromatic N) is 1. The summed E-state index contributed by atoms with van der Waals surface area (Å²) >= 11 is 12.0. The Morgan fingerprint density at radius 2 is 1.84 bits per heavy atom. The van der Waals surface area contributed by atoms with E-state index in [1.54, 1.807) is 6.07 Å². The Morgan fingerprint density at radius 1 is 1.10 bits per heavy atom. The molecule has 0 spiro atoms. The molecule has 2 aromatic carbocycles. The summed E-state index contributed by atoms with van der Waals surface area (Å²) in [4.78, 5) is 16.2. The maximum Gasteiger partial charge on any atom is 0.264 e. The highest BCUT2D eigenvalue weighted by molar-refractivity contribution is 7.89. The molecule has 0 saturated carbocycles. The molecule has 31 heavy (non-hydrogen) atoms. The fourth-order valence-corrected chi connectivity index (χ4v) is 3.43. The van der Waals surface area contributed by atoms with Gasteiger partial charge >= 0.3 is 0 Å². The molecule has 1 amide bonds. The Balaban J connectivity index is 1.90. The van der Waals surface area contributed by atoms with Gasteiger partial charge in [0.2, 0.25) is 15.9 Å². The van der Waals surface area contributed by atoms with Crippen molar-refractivity contribution in [3.8, 4) is 28.5 Å². The fourth-order valence-electron chi connectivity index (χ4n) is 2.61. The van der Waals surface area contributed by atoms with Crippen molar-refractivity contribution >= 4 is 39.1 Å². The Bertz CT molecular complexity index is 1270. The first-order valence-corrected chi connectivity index (χ1v) is 11.2. The van der Waals surface area contributed by atoms with Crippen LogP contribution in [0.4, 0.5) is 4.39 Å². The molecule has 0 bridgehead atoms. The monoisotopic (exact) mass is 484 g/mol. The van der Waals surface area contributed by atoms with Gasteiger partial charge in [-0.1, -0.05) is 23.2 Å². The highest BCUT2D eigenvalue weighted by Gasteiger charge is 2.16. The topological polar surface area (TPSA) is 94.6 Å². The van der Waals surface area contributed by atoms with Crippen LogP contribution in [0, 0.1) is 5.82 Å². The van der Waals surface area contributed by atoms with Gasteiger partial charge in [-0.3, -0.25) is 4.79 Å². The first-order chi connectivity index (χ1) is 14.6. The molecule has 3 aromatic rings. The number of aromatic nitrogens is 1. The van der Waals surface area contributed by atoms with Crippen molar-refractivity contribution in [1.29, 1.82) is 0 Å². The third-order valence-corrected chi connectivity index (χ3v) is 5.02. The minimum Gasteiger partial charge on any atom is -0.496 e. The van der Waals surface area contributed by atoms with Crippen molar-refractivity contribution < 1.29 is 27.1 Å². The van der Waals surface area contributed by atoms with Crippen LogP contribution in [0.3, 0.4) is 0 Å². The first-order valence-electron chi connectivity index (χ1n) is 8.56. The second-order valence-electron chi connectivity index (χ2n) is 6.31. The molecule has 0 radical (unpaired) electrons. The number of nitrogens with one attached hydrogen (secondary N) is 1. The largest absolute Gasteiger partial charge is 0.496 e. The smallest absolute Gasteiger partial charge is 0.264 e. The standard InChI is InChI=1S/C20H15Cl2FN2O5S/c1-29-18-8-11(19(26)25-31(2,27)28)3-5-14(18)12-7-15(22)20(24-10-12)30-17-6-4-13(21)9-16(17)23/h3-10H,1-2H3,(H,25,26). The SMILES string of the molecule is COc1cc(C(=O)NS(C)(=O)=O)ccc1-c1cnc(Oc2ccc(Cl)cc2F)c(Cl)c1. The summed E-state index contributed by atoms with van der Waals surface area (Å²) < 4.78 is 49.1. The summed E-state index contributed by atoms with van der Waals surface area (Å²) in [5, 5.41) is 0.327. The number of carbonyl (C=O) groups excluding carboxylic acids is 1. The Kier molecular flexibility index (Phi) is 6.68. The van der Waals surface area contributed by atoms with Gasteiger partial charge in [0, 0.05) is 27.9 Å². The number of rotatable bonds is 6. The van der Waals surface area contributed by atoms with E-state index in [4.69, 9.17) is 32.7 Å². The van der Waals surface area contributed by atoms with Crippen molar-refractivity contribution in [2.24, 2.45) is 0 Å². The van der Waals surface area contributed by atoms with Gasteiger partial charge in [-0.25, -0.2) is 22.5 Å². The molecule has 1 aromatic heterocycles. The van der Waals surface area contributed by atoms with Crippen molar-refractivity contribution in [1.82, 2.24) is 9.71 Å². The highest BCUT2D eigenvalue weighted by atomic mass is 35.5. The predicted molar refractivity (Wildman–Crippen MR) is 115 cm³/mol. The van der Waals surface area contributed by atoms with Crippen molar-refractivity contribution in [3.63, 3.8) is 0 Å². The predicted octanol–water partition coefficient (Wildman–Crippen LogP) is 4.68. The number of carbonyl (C=O) groups is 1. The van der Waals surface area contributed by atoms with Gasteiger partial charge in [-0.15, -0.1) is 0 Å². The summed E-state index contributed by atoms with van der Waals surface area (Å²) in [6, 6.07) is 9.83. The minimum absolute atomic E-state index is 0.0187. The minimum atomic E-state index is -3.71. The second-order valence-corrected chi connectivity index (χ2v) is 8.90. The lowest BCUT2D eigenvalue weighted by atomic mass is 10.0. The molecule has 0 unspecified atom stereocenters. The van der Waals surface area contributed by atoms with Crippen LogP contribution in [-0.4, -0.2) is 32.7 Å². The van der Waals surface area contributed by atoms with Crippen molar-refractivity contribution in [2.75, 3.05) is 13.4 Å². The van der Waals surface area contributed by atoms with Crippen LogP contribution in [-0.2, 0) is 10.0 Å². The zero-order chi connectivity index (χ0) is 22.8. The second kappa shape index (κ2) is 9.09. The maximum atomic E-state index is 13.9. The molecule has 3 rings (SSSR count). The number of methoxy groups -OCH3 is 1. The van der Waals surface area contributed by atoms with Crippen LogP contribution >= 0.6 is 23.2 Å². The molecule has 0 atom stereocenters. The van der Waals surface area contributed by atoms with Gasteiger partial charge in [0.1, 0.15) is 10.8 Å². The van der Waals surface area contributed by atoms with E-state index in [9.17, 15) is 17.6 Å². The van der Waals surface area contributed by atoms with Gasteiger partial charge < -0.3 is 9.47 Å². The molecule has 162 valence electrons. The summed E-state index contributed by atoms with van der Waals surface area (Å²) in [5.74, 6) is -1.28. The number of hydrogen-bond acceptors (Lipinski definition) is 6. The van der Waals surface area contributed by atoms with Gasteiger partial charge in [0.15, 0.2) is 11.6 Å². The van der Waals surface area contributed by atoms with Crippen LogP contribution in [0.1, 0.15) is 10.4 Å². The van der Waals surface area contributed by atoms with Crippen LogP contribution in [0.2, 0.25) is 10.0 Å². The van der Waals surface area contributed by atoms with E-state index < -0.39 is 21.7 Å². The van der Waals surface area contributed by atoms with Crippen molar-refractivity contribution in [2.45, 2.75) is 0 Å². The molecule has 0 aliphatic heterocycles. The van der Waals surface area contributed by atoms with Crippen LogP contribution in [0.5, 0.6) is 17.4 Å². The molecule has 11 heteroatoms. The van der Waals surface area contributed by atoms with Gasteiger partial charge in [-0.2, -0.15) is 0 Å². The number of sulfonamides is 1. The Labute approximate surface area is 187 Å². The number of pyridine rings is 1.